The molecule has 1 heterocycles. The molecule has 0 aliphatic heterocycles. The van der Waals surface area contributed by atoms with E-state index in [9.17, 15) is 4.79 Å². The molecule has 3 rings (SSSR count). The Bertz CT molecular complexity index is 708. The van der Waals surface area contributed by atoms with Crippen molar-refractivity contribution < 1.29 is 0 Å². The molecule has 17 heavy (non-hydrogen) atoms. The average molecular weight is 226 g/mol. The lowest BCUT2D eigenvalue weighted by molar-refractivity contribution is 1.05. The predicted octanol–water partition coefficient (Wildman–Crippen LogP) is 1.99. The van der Waals surface area contributed by atoms with Gasteiger partial charge in [-0.2, -0.15) is 0 Å². The van der Waals surface area contributed by atoms with Crippen molar-refractivity contribution in [2.45, 2.75) is 0 Å². The van der Waals surface area contributed by atoms with Crippen LogP contribution in [0.3, 0.4) is 0 Å². The van der Waals surface area contributed by atoms with Crippen LogP contribution in [0.25, 0.3) is 10.8 Å². The van der Waals surface area contributed by atoms with Crippen LogP contribution in [0.2, 0.25) is 0 Å². The Morgan fingerprint density at radius 1 is 1.06 bits per heavy atom. The highest BCUT2D eigenvalue weighted by molar-refractivity contribution is 5.94. The number of fused-ring (bicyclic) bond motifs is 1. The SMILES string of the molecule is O=c1[nH]nc(Nc2cccc3ccccc23)[nH]1. The Hall–Kier alpha value is -2.56. The van der Waals surface area contributed by atoms with Crippen LogP contribution in [0, 0.1) is 0 Å². The highest BCUT2D eigenvalue weighted by Gasteiger charge is 2.02. The maximum atomic E-state index is 10.9. The molecule has 0 spiro atoms. The van der Waals surface area contributed by atoms with Crippen LogP contribution in [0.4, 0.5) is 11.6 Å². The number of benzene rings is 2. The predicted molar refractivity (Wildman–Crippen MR) is 66.4 cm³/mol. The van der Waals surface area contributed by atoms with Gasteiger partial charge in [0.15, 0.2) is 0 Å². The van der Waals surface area contributed by atoms with Gasteiger partial charge < -0.3 is 5.32 Å². The van der Waals surface area contributed by atoms with E-state index in [4.69, 9.17) is 0 Å². The molecule has 0 radical (unpaired) electrons. The molecule has 0 bridgehead atoms. The van der Waals surface area contributed by atoms with Crippen LogP contribution in [0.5, 0.6) is 0 Å². The molecule has 0 saturated carbocycles. The molecule has 5 heteroatoms. The zero-order chi connectivity index (χ0) is 11.7. The third-order valence-corrected chi connectivity index (χ3v) is 2.54. The van der Waals surface area contributed by atoms with Gasteiger partial charge in [-0.1, -0.05) is 36.4 Å². The minimum absolute atomic E-state index is 0.326. The van der Waals surface area contributed by atoms with Gasteiger partial charge in [0.05, 0.1) is 0 Å². The summed E-state index contributed by atoms with van der Waals surface area (Å²) in [5.74, 6) is 0.409. The largest absolute Gasteiger partial charge is 0.342 e. The number of nitrogens with zero attached hydrogens (tertiary/aromatic N) is 1. The third kappa shape index (κ3) is 1.78. The Balaban J connectivity index is 2.08. The summed E-state index contributed by atoms with van der Waals surface area (Å²) < 4.78 is 0. The van der Waals surface area contributed by atoms with Crippen LogP contribution in [0.1, 0.15) is 0 Å². The molecule has 0 saturated heterocycles. The van der Waals surface area contributed by atoms with Crippen molar-refractivity contribution in [2.24, 2.45) is 0 Å². The number of rotatable bonds is 2. The summed E-state index contributed by atoms with van der Waals surface area (Å²) in [6.07, 6.45) is 0. The fourth-order valence-corrected chi connectivity index (χ4v) is 1.79. The number of nitrogens with one attached hydrogen (secondary N) is 3. The van der Waals surface area contributed by atoms with E-state index < -0.39 is 0 Å². The third-order valence-electron chi connectivity index (χ3n) is 2.54. The van der Waals surface area contributed by atoms with Crippen molar-refractivity contribution in [3.8, 4) is 0 Å². The standard InChI is InChI=1S/C12H10N4O/c17-12-14-11(15-16-12)13-10-7-3-5-8-4-1-2-6-9(8)10/h1-7H,(H3,13,14,15,16,17). The second-order valence-corrected chi connectivity index (χ2v) is 3.68. The molecule has 0 aliphatic carbocycles. The van der Waals surface area contributed by atoms with E-state index in [1.54, 1.807) is 0 Å². The van der Waals surface area contributed by atoms with E-state index in [2.05, 4.69) is 20.5 Å². The lowest BCUT2D eigenvalue weighted by Gasteiger charge is -2.06. The molecular weight excluding hydrogens is 216 g/mol. The normalized spacial score (nSPS) is 10.6. The maximum absolute atomic E-state index is 10.9. The second-order valence-electron chi connectivity index (χ2n) is 3.68. The molecule has 3 N–H and O–H groups in total. The lowest BCUT2D eigenvalue weighted by atomic mass is 10.1. The quantitative estimate of drug-likeness (QED) is 0.625. The van der Waals surface area contributed by atoms with E-state index in [0.717, 1.165) is 16.5 Å². The highest BCUT2D eigenvalue weighted by Crippen LogP contribution is 2.24. The number of aromatic nitrogens is 3. The van der Waals surface area contributed by atoms with Crippen LogP contribution in [0.15, 0.2) is 47.3 Å². The Morgan fingerprint density at radius 3 is 2.71 bits per heavy atom. The van der Waals surface area contributed by atoms with E-state index in [0.29, 0.717) is 5.95 Å². The summed E-state index contributed by atoms with van der Waals surface area (Å²) in [5.41, 5.74) is 0.582. The van der Waals surface area contributed by atoms with Crippen molar-refractivity contribution in [1.82, 2.24) is 15.2 Å². The summed E-state index contributed by atoms with van der Waals surface area (Å²) in [4.78, 5) is 13.5. The second kappa shape index (κ2) is 3.79. The van der Waals surface area contributed by atoms with Gasteiger partial charge in [0.25, 0.3) is 0 Å². The van der Waals surface area contributed by atoms with Gasteiger partial charge in [0.2, 0.25) is 5.95 Å². The van der Waals surface area contributed by atoms with Gasteiger partial charge in [0, 0.05) is 11.1 Å². The monoisotopic (exact) mass is 226 g/mol. The highest BCUT2D eigenvalue weighted by atomic mass is 16.1. The van der Waals surface area contributed by atoms with Gasteiger partial charge in [0.1, 0.15) is 0 Å². The molecule has 0 unspecified atom stereocenters. The summed E-state index contributed by atoms with van der Waals surface area (Å²) >= 11 is 0. The number of hydrogen-bond donors (Lipinski definition) is 3. The molecule has 2 aromatic carbocycles. The number of hydrogen-bond acceptors (Lipinski definition) is 3. The fourth-order valence-electron chi connectivity index (χ4n) is 1.79. The van der Waals surface area contributed by atoms with Gasteiger partial charge in [-0.05, 0) is 11.5 Å². The van der Waals surface area contributed by atoms with Crippen LogP contribution >= 0.6 is 0 Å². The van der Waals surface area contributed by atoms with Crippen molar-refractivity contribution in [2.75, 3.05) is 5.32 Å². The fraction of sp³-hybridized carbons (Fsp3) is 0. The van der Waals surface area contributed by atoms with Crippen LogP contribution in [-0.2, 0) is 0 Å². The van der Waals surface area contributed by atoms with Crippen LogP contribution in [-0.4, -0.2) is 15.2 Å². The summed E-state index contributed by atoms with van der Waals surface area (Å²) in [7, 11) is 0. The number of aromatic amines is 2. The zero-order valence-corrected chi connectivity index (χ0v) is 8.90. The molecule has 1 aromatic heterocycles. The lowest BCUT2D eigenvalue weighted by Crippen LogP contribution is -2.01. The molecule has 0 aliphatic rings. The first-order chi connectivity index (χ1) is 8.33. The molecule has 0 amide bonds. The molecule has 0 fully saturated rings. The molecule has 5 nitrogen and oxygen atoms in total. The Kier molecular flexibility index (Phi) is 2.15. The van der Waals surface area contributed by atoms with E-state index in [1.807, 2.05) is 42.5 Å². The topological polar surface area (TPSA) is 73.6 Å². The smallest absolute Gasteiger partial charge is 0.324 e. The van der Waals surface area contributed by atoms with Gasteiger partial charge in [-0.15, -0.1) is 5.10 Å². The number of H-pyrrole nitrogens is 2. The molecule has 0 atom stereocenters. The minimum atomic E-state index is -0.326. The Morgan fingerprint density at radius 2 is 1.88 bits per heavy atom. The first-order valence-corrected chi connectivity index (χ1v) is 5.22. The van der Waals surface area contributed by atoms with E-state index in [-0.39, 0.29) is 5.69 Å². The average Bonchev–Trinajstić information content (AvgIpc) is 2.75. The summed E-state index contributed by atoms with van der Waals surface area (Å²) in [5, 5.41) is 11.4. The maximum Gasteiger partial charge on any atom is 0.342 e. The number of anilines is 2. The van der Waals surface area contributed by atoms with Gasteiger partial charge in [-0.3, -0.25) is 4.98 Å². The van der Waals surface area contributed by atoms with Crippen molar-refractivity contribution in [3.05, 3.63) is 52.9 Å². The van der Waals surface area contributed by atoms with Gasteiger partial charge >= 0.3 is 5.69 Å². The van der Waals surface area contributed by atoms with Gasteiger partial charge in [-0.25, -0.2) is 9.89 Å². The van der Waals surface area contributed by atoms with E-state index >= 15 is 0 Å². The van der Waals surface area contributed by atoms with Crippen molar-refractivity contribution in [3.63, 3.8) is 0 Å². The van der Waals surface area contributed by atoms with E-state index in [1.165, 1.54) is 0 Å². The minimum Gasteiger partial charge on any atom is -0.324 e. The summed E-state index contributed by atoms with van der Waals surface area (Å²) in [6.45, 7) is 0. The molecular formula is C12H10N4O. The van der Waals surface area contributed by atoms with Crippen molar-refractivity contribution in [1.29, 1.82) is 0 Å². The summed E-state index contributed by atoms with van der Waals surface area (Å²) in [6, 6.07) is 13.9. The molecule has 3 aromatic rings. The van der Waals surface area contributed by atoms with Crippen molar-refractivity contribution >= 4 is 22.4 Å². The first-order valence-electron chi connectivity index (χ1n) is 5.22. The molecule has 84 valence electrons. The first kappa shape index (κ1) is 9.65. The zero-order valence-electron chi connectivity index (χ0n) is 8.90. The Labute approximate surface area is 96.5 Å². The van der Waals surface area contributed by atoms with Crippen LogP contribution < -0.4 is 11.0 Å².